The van der Waals surface area contributed by atoms with Gasteiger partial charge in [0.25, 0.3) is 5.91 Å². The monoisotopic (exact) mass is 516 g/mol. The fraction of sp³-hybridized carbons (Fsp3) is 0.423. The standard InChI is InChI=1S/C26H32N4O5.ClH/c1-34-21-10-8-19(9-11-21)18-30-23(31)26(28-24(30)32)13-16-29(17-14-26)15-12-22(27-25(33)35-2)20-6-4-3-5-7-20;/h3-11,22H,12-18H2,1-2H3,(H,27,33)(H,28,32);1H/t22-;/m0./s1. The number of benzene rings is 2. The van der Waals surface area contributed by atoms with E-state index in [1.54, 1.807) is 7.11 Å². The maximum atomic E-state index is 13.3. The molecule has 4 rings (SSSR count). The van der Waals surface area contributed by atoms with Crippen LogP contribution in [0.15, 0.2) is 54.6 Å². The number of imide groups is 1. The first-order valence-electron chi connectivity index (χ1n) is 11.8. The summed E-state index contributed by atoms with van der Waals surface area (Å²) in [6.07, 6.45) is 1.34. The summed E-state index contributed by atoms with van der Waals surface area (Å²) in [4.78, 5) is 41.4. The minimum atomic E-state index is -0.844. The minimum Gasteiger partial charge on any atom is -0.497 e. The van der Waals surface area contributed by atoms with E-state index in [2.05, 4.69) is 15.5 Å². The number of hydrogen-bond donors (Lipinski definition) is 2. The number of rotatable bonds is 8. The van der Waals surface area contributed by atoms with Crippen LogP contribution in [0.3, 0.4) is 0 Å². The summed E-state index contributed by atoms with van der Waals surface area (Å²) in [5.41, 5.74) is 1.04. The molecular formula is C26H33ClN4O5. The van der Waals surface area contributed by atoms with Crippen molar-refractivity contribution in [3.63, 3.8) is 0 Å². The Hall–Kier alpha value is -3.30. The zero-order valence-electron chi connectivity index (χ0n) is 20.6. The van der Waals surface area contributed by atoms with Crippen molar-refractivity contribution in [3.05, 3.63) is 65.7 Å². The molecule has 2 aromatic rings. The van der Waals surface area contributed by atoms with Crippen molar-refractivity contribution in [2.45, 2.75) is 37.4 Å². The van der Waals surface area contributed by atoms with Gasteiger partial charge in [-0.2, -0.15) is 0 Å². The summed E-state index contributed by atoms with van der Waals surface area (Å²) >= 11 is 0. The molecule has 0 aliphatic carbocycles. The van der Waals surface area contributed by atoms with Crippen LogP contribution in [0.5, 0.6) is 5.75 Å². The van der Waals surface area contributed by atoms with Gasteiger partial charge >= 0.3 is 12.1 Å². The molecule has 0 bridgehead atoms. The number of amides is 4. The lowest BCUT2D eigenvalue weighted by Crippen LogP contribution is -2.55. The minimum absolute atomic E-state index is 0. The Bertz CT molecular complexity index is 1040. The van der Waals surface area contributed by atoms with Gasteiger partial charge in [0.1, 0.15) is 11.3 Å². The highest BCUT2D eigenvalue weighted by Crippen LogP contribution is 2.31. The van der Waals surface area contributed by atoms with Crippen LogP contribution in [-0.4, -0.2) is 67.2 Å². The zero-order valence-corrected chi connectivity index (χ0v) is 21.4. The average molecular weight is 517 g/mol. The Kier molecular flexibility index (Phi) is 9.17. The highest BCUT2D eigenvalue weighted by Gasteiger charge is 2.52. The molecule has 194 valence electrons. The highest BCUT2D eigenvalue weighted by molar-refractivity contribution is 6.07. The molecular weight excluding hydrogens is 484 g/mol. The molecule has 1 atom stereocenters. The lowest BCUT2D eigenvalue weighted by molar-refractivity contribution is -0.133. The second-order valence-corrected chi connectivity index (χ2v) is 8.98. The van der Waals surface area contributed by atoms with Gasteiger partial charge in [0.2, 0.25) is 0 Å². The van der Waals surface area contributed by atoms with Gasteiger partial charge in [-0.3, -0.25) is 9.69 Å². The van der Waals surface area contributed by atoms with Crippen LogP contribution >= 0.6 is 12.4 Å². The molecule has 2 aliphatic heterocycles. The van der Waals surface area contributed by atoms with Gasteiger partial charge in [-0.1, -0.05) is 42.5 Å². The number of halogens is 1. The van der Waals surface area contributed by atoms with Gasteiger partial charge in [0, 0.05) is 19.6 Å². The van der Waals surface area contributed by atoms with E-state index in [0.29, 0.717) is 32.4 Å². The number of urea groups is 1. The van der Waals surface area contributed by atoms with E-state index >= 15 is 0 Å². The van der Waals surface area contributed by atoms with Crippen molar-refractivity contribution in [2.24, 2.45) is 0 Å². The number of methoxy groups -OCH3 is 2. The van der Waals surface area contributed by atoms with Crippen molar-refractivity contribution in [1.82, 2.24) is 20.4 Å². The molecule has 4 amide bonds. The summed E-state index contributed by atoms with van der Waals surface area (Å²) in [7, 11) is 2.95. The third-order valence-corrected chi connectivity index (χ3v) is 6.87. The topological polar surface area (TPSA) is 100 Å². The summed E-state index contributed by atoms with van der Waals surface area (Å²) < 4.78 is 9.97. The van der Waals surface area contributed by atoms with E-state index in [1.165, 1.54) is 12.0 Å². The molecule has 0 saturated carbocycles. The molecule has 2 saturated heterocycles. The SMILES string of the molecule is COC(=O)N[C@@H](CCN1CCC2(CC1)NC(=O)N(Cc1ccc(OC)cc1)C2=O)c1ccccc1.Cl. The van der Waals surface area contributed by atoms with Crippen LogP contribution in [0.25, 0.3) is 0 Å². The normalized spacial score (nSPS) is 17.8. The lowest BCUT2D eigenvalue weighted by Gasteiger charge is -2.37. The van der Waals surface area contributed by atoms with Gasteiger partial charge in [0.15, 0.2) is 0 Å². The first kappa shape index (κ1) is 27.3. The molecule has 0 radical (unpaired) electrons. The van der Waals surface area contributed by atoms with Crippen LogP contribution in [0.4, 0.5) is 9.59 Å². The van der Waals surface area contributed by atoms with E-state index in [4.69, 9.17) is 9.47 Å². The van der Waals surface area contributed by atoms with Crippen molar-refractivity contribution in [1.29, 1.82) is 0 Å². The molecule has 0 aromatic heterocycles. The van der Waals surface area contributed by atoms with E-state index in [9.17, 15) is 14.4 Å². The Labute approximate surface area is 217 Å². The first-order valence-corrected chi connectivity index (χ1v) is 11.8. The Morgan fingerprint density at radius 2 is 1.72 bits per heavy atom. The van der Waals surface area contributed by atoms with Gasteiger partial charge < -0.3 is 25.0 Å². The lowest BCUT2D eigenvalue weighted by atomic mass is 9.87. The Morgan fingerprint density at radius 3 is 2.33 bits per heavy atom. The van der Waals surface area contributed by atoms with Crippen LogP contribution in [-0.2, 0) is 16.1 Å². The predicted octanol–water partition coefficient (Wildman–Crippen LogP) is 3.49. The van der Waals surface area contributed by atoms with Crippen LogP contribution in [0.2, 0.25) is 0 Å². The summed E-state index contributed by atoms with van der Waals surface area (Å²) in [5.74, 6) is 0.568. The van der Waals surface area contributed by atoms with Crippen molar-refractivity contribution in [2.75, 3.05) is 33.9 Å². The zero-order chi connectivity index (χ0) is 24.8. The Morgan fingerprint density at radius 1 is 1.06 bits per heavy atom. The summed E-state index contributed by atoms with van der Waals surface area (Å²) in [6, 6.07) is 16.6. The van der Waals surface area contributed by atoms with Crippen LogP contribution in [0, 0.1) is 0 Å². The molecule has 1 spiro atoms. The van der Waals surface area contributed by atoms with Gasteiger partial charge in [-0.15, -0.1) is 12.4 Å². The smallest absolute Gasteiger partial charge is 0.407 e. The molecule has 9 nitrogen and oxygen atoms in total. The number of hydrogen-bond acceptors (Lipinski definition) is 6. The molecule has 2 aliphatic rings. The van der Waals surface area contributed by atoms with E-state index in [-0.39, 0.29) is 36.9 Å². The van der Waals surface area contributed by atoms with Crippen molar-refractivity contribution in [3.8, 4) is 5.75 Å². The highest BCUT2D eigenvalue weighted by atomic mass is 35.5. The van der Waals surface area contributed by atoms with Crippen LogP contribution in [0.1, 0.15) is 36.4 Å². The quantitative estimate of drug-likeness (QED) is 0.521. The third kappa shape index (κ3) is 6.09. The van der Waals surface area contributed by atoms with Gasteiger partial charge in [-0.05, 0) is 42.5 Å². The fourth-order valence-corrected chi connectivity index (χ4v) is 4.75. The number of carbonyl (C=O) groups excluding carboxylic acids is 3. The van der Waals surface area contributed by atoms with Gasteiger partial charge in [-0.25, -0.2) is 9.59 Å². The van der Waals surface area contributed by atoms with Crippen molar-refractivity contribution < 1.29 is 23.9 Å². The maximum Gasteiger partial charge on any atom is 0.407 e. The number of carbonyl (C=O) groups is 3. The molecule has 10 heteroatoms. The van der Waals surface area contributed by atoms with Gasteiger partial charge in [0.05, 0.1) is 26.8 Å². The number of ether oxygens (including phenoxy) is 2. The number of piperidine rings is 1. The fourth-order valence-electron chi connectivity index (χ4n) is 4.75. The van der Waals surface area contributed by atoms with Crippen molar-refractivity contribution >= 4 is 30.4 Å². The molecule has 2 heterocycles. The average Bonchev–Trinajstić information content (AvgIpc) is 3.12. The molecule has 2 aromatic carbocycles. The number of nitrogens with one attached hydrogen (secondary N) is 2. The summed E-state index contributed by atoms with van der Waals surface area (Å²) in [5, 5.41) is 5.88. The van der Waals surface area contributed by atoms with E-state index < -0.39 is 11.6 Å². The largest absolute Gasteiger partial charge is 0.497 e. The Balaban J connectivity index is 0.00000361. The van der Waals surface area contributed by atoms with Crippen LogP contribution < -0.4 is 15.4 Å². The summed E-state index contributed by atoms with van der Waals surface area (Å²) in [6.45, 7) is 2.35. The number of nitrogens with zero attached hydrogens (tertiary/aromatic N) is 2. The second kappa shape index (κ2) is 12.1. The second-order valence-electron chi connectivity index (χ2n) is 8.98. The first-order chi connectivity index (χ1) is 16.9. The van der Waals surface area contributed by atoms with E-state index in [0.717, 1.165) is 23.4 Å². The molecule has 36 heavy (non-hydrogen) atoms. The maximum absolute atomic E-state index is 13.3. The molecule has 2 N–H and O–H groups in total. The third-order valence-electron chi connectivity index (χ3n) is 6.87. The molecule has 2 fully saturated rings. The number of alkyl carbamates (subject to hydrolysis) is 1. The van der Waals surface area contributed by atoms with E-state index in [1.807, 2.05) is 54.6 Å². The molecule has 0 unspecified atom stereocenters. The number of likely N-dealkylation sites (tertiary alicyclic amines) is 1. The predicted molar refractivity (Wildman–Crippen MR) is 137 cm³/mol.